The number of aromatic nitrogens is 1. The van der Waals surface area contributed by atoms with Gasteiger partial charge in [-0.15, -0.1) is 0 Å². The smallest absolute Gasteiger partial charge is 0.259 e. The number of aromatic amines is 1. The van der Waals surface area contributed by atoms with Crippen LogP contribution in [0.4, 0.5) is 0 Å². The summed E-state index contributed by atoms with van der Waals surface area (Å²) in [6.07, 6.45) is 2.80. The lowest BCUT2D eigenvalue weighted by Crippen LogP contribution is -2.45. The van der Waals surface area contributed by atoms with Crippen molar-refractivity contribution in [3.63, 3.8) is 0 Å². The van der Waals surface area contributed by atoms with E-state index in [9.17, 15) is 14.7 Å². The Balaban J connectivity index is 1.87. The van der Waals surface area contributed by atoms with Gasteiger partial charge in [-0.05, 0) is 31.0 Å². The van der Waals surface area contributed by atoms with Gasteiger partial charge in [0.25, 0.3) is 5.91 Å². The standard InChI is InChI=1S/C18H21ClN2O4/c1-21(10-18(11-22)4-6-25-7-5-18)17(24)14-9-20-15-8-12(19)2-3-13(15)16(14)23/h2-3,8-9,22H,4-7,10-11H2,1H3,(H,20,23). The molecule has 1 aromatic carbocycles. The fraction of sp³-hybridized carbons (Fsp3) is 0.444. The summed E-state index contributed by atoms with van der Waals surface area (Å²) < 4.78 is 5.35. The van der Waals surface area contributed by atoms with Gasteiger partial charge in [0.15, 0.2) is 0 Å². The first kappa shape index (κ1) is 17.9. The van der Waals surface area contributed by atoms with Crippen molar-refractivity contribution in [2.45, 2.75) is 12.8 Å². The van der Waals surface area contributed by atoms with Gasteiger partial charge >= 0.3 is 0 Å². The molecular weight excluding hydrogens is 344 g/mol. The van der Waals surface area contributed by atoms with E-state index in [1.807, 2.05) is 0 Å². The normalized spacial score (nSPS) is 16.8. The largest absolute Gasteiger partial charge is 0.396 e. The number of amides is 1. The van der Waals surface area contributed by atoms with Crippen molar-refractivity contribution in [3.05, 3.63) is 45.2 Å². The Hall–Kier alpha value is -1.89. The second kappa shape index (κ2) is 7.15. The van der Waals surface area contributed by atoms with Crippen molar-refractivity contribution >= 4 is 28.4 Å². The number of H-pyrrole nitrogens is 1. The van der Waals surface area contributed by atoms with Crippen molar-refractivity contribution in [1.29, 1.82) is 0 Å². The maximum Gasteiger partial charge on any atom is 0.259 e. The molecule has 2 aromatic rings. The molecule has 1 saturated heterocycles. The Morgan fingerprint density at radius 1 is 1.40 bits per heavy atom. The molecule has 0 aliphatic carbocycles. The molecule has 0 unspecified atom stereocenters. The summed E-state index contributed by atoms with van der Waals surface area (Å²) >= 11 is 5.93. The van der Waals surface area contributed by atoms with E-state index in [4.69, 9.17) is 16.3 Å². The minimum Gasteiger partial charge on any atom is -0.396 e. The maximum atomic E-state index is 12.8. The lowest BCUT2D eigenvalue weighted by molar-refractivity contribution is -0.0282. The topological polar surface area (TPSA) is 82.6 Å². The molecule has 25 heavy (non-hydrogen) atoms. The van der Waals surface area contributed by atoms with Crippen LogP contribution in [0, 0.1) is 5.41 Å². The molecule has 1 fully saturated rings. The summed E-state index contributed by atoms with van der Waals surface area (Å²) in [7, 11) is 1.65. The van der Waals surface area contributed by atoms with Crippen LogP contribution in [0.5, 0.6) is 0 Å². The third kappa shape index (κ3) is 3.56. The summed E-state index contributed by atoms with van der Waals surface area (Å²) in [6.45, 7) is 1.50. The predicted octanol–water partition coefficient (Wildman–Crippen LogP) is 2.04. The van der Waals surface area contributed by atoms with Gasteiger partial charge in [-0.3, -0.25) is 9.59 Å². The number of carbonyl (C=O) groups is 1. The number of nitrogens with zero attached hydrogens (tertiary/aromatic N) is 1. The van der Waals surface area contributed by atoms with Gasteiger partial charge in [0, 0.05) is 48.8 Å². The van der Waals surface area contributed by atoms with Crippen LogP contribution >= 0.6 is 11.6 Å². The number of hydrogen-bond acceptors (Lipinski definition) is 4. The zero-order valence-electron chi connectivity index (χ0n) is 14.0. The number of hydrogen-bond donors (Lipinski definition) is 2. The van der Waals surface area contributed by atoms with Gasteiger partial charge in [-0.25, -0.2) is 0 Å². The van der Waals surface area contributed by atoms with Gasteiger partial charge in [0.2, 0.25) is 5.43 Å². The lowest BCUT2D eigenvalue weighted by atomic mass is 9.80. The van der Waals surface area contributed by atoms with Gasteiger partial charge < -0.3 is 19.7 Å². The van der Waals surface area contributed by atoms with Crippen molar-refractivity contribution in [2.75, 3.05) is 33.4 Å². The minimum atomic E-state index is -0.375. The average Bonchev–Trinajstić information content (AvgIpc) is 2.62. The van der Waals surface area contributed by atoms with E-state index in [1.54, 1.807) is 25.2 Å². The van der Waals surface area contributed by atoms with Crippen LogP contribution in [0.2, 0.25) is 5.02 Å². The molecule has 0 saturated carbocycles. The number of aliphatic hydroxyl groups excluding tert-OH is 1. The van der Waals surface area contributed by atoms with Crippen molar-refractivity contribution in [1.82, 2.24) is 9.88 Å². The third-order valence-corrected chi connectivity index (χ3v) is 5.12. The fourth-order valence-corrected chi connectivity index (χ4v) is 3.48. The van der Waals surface area contributed by atoms with Gasteiger partial charge in [0.1, 0.15) is 5.56 Å². The highest BCUT2D eigenvalue weighted by molar-refractivity contribution is 6.31. The summed E-state index contributed by atoms with van der Waals surface area (Å²) in [6, 6.07) is 4.89. The second-order valence-corrected chi connectivity index (χ2v) is 7.09. The van der Waals surface area contributed by atoms with Crippen LogP contribution in [0.25, 0.3) is 10.9 Å². The molecule has 1 aromatic heterocycles. The van der Waals surface area contributed by atoms with Crippen molar-refractivity contribution in [2.24, 2.45) is 5.41 Å². The molecule has 134 valence electrons. The van der Waals surface area contributed by atoms with Gasteiger partial charge in [-0.2, -0.15) is 0 Å². The molecule has 1 amide bonds. The number of nitrogens with one attached hydrogen (secondary N) is 1. The zero-order valence-corrected chi connectivity index (χ0v) is 14.8. The average molecular weight is 365 g/mol. The summed E-state index contributed by atoms with van der Waals surface area (Å²) in [5.74, 6) is -0.364. The number of rotatable bonds is 4. The number of carbonyl (C=O) groups excluding carboxylic acids is 1. The molecule has 1 aliphatic heterocycles. The lowest BCUT2D eigenvalue weighted by Gasteiger charge is -2.38. The molecule has 0 radical (unpaired) electrons. The SMILES string of the molecule is CN(CC1(CO)CCOCC1)C(=O)c1c[nH]c2cc(Cl)ccc2c1=O. The van der Waals surface area contributed by atoms with E-state index in [2.05, 4.69) is 4.98 Å². The van der Waals surface area contributed by atoms with E-state index in [-0.39, 0.29) is 28.9 Å². The summed E-state index contributed by atoms with van der Waals surface area (Å²) in [5, 5.41) is 10.7. The Kier molecular flexibility index (Phi) is 5.13. The second-order valence-electron chi connectivity index (χ2n) is 6.65. The van der Waals surface area contributed by atoms with E-state index in [0.717, 1.165) is 0 Å². The highest BCUT2D eigenvalue weighted by Gasteiger charge is 2.34. The van der Waals surface area contributed by atoms with Crippen LogP contribution < -0.4 is 5.43 Å². The maximum absolute atomic E-state index is 12.8. The first-order valence-electron chi connectivity index (χ1n) is 8.21. The zero-order chi connectivity index (χ0) is 18.0. The first-order valence-corrected chi connectivity index (χ1v) is 8.59. The van der Waals surface area contributed by atoms with Crippen LogP contribution in [-0.2, 0) is 4.74 Å². The number of fused-ring (bicyclic) bond motifs is 1. The third-order valence-electron chi connectivity index (χ3n) is 4.88. The number of ether oxygens (including phenoxy) is 1. The molecule has 6 nitrogen and oxygen atoms in total. The fourth-order valence-electron chi connectivity index (χ4n) is 3.30. The van der Waals surface area contributed by atoms with Crippen LogP contribution in [-0.4, -0.2) is 54.3 Å². The summed E-state index contributed by atoms with van der Waals surface area (Å²) in [5.41, 5.74) is -0.0301. The Labute approximate surface area is 150 Å². The quantitative estimate of drug-likeness (QED) is 0.869. The Morgan fingerprint density at radius 3 is 2.80 bits per heavy atom. The van der Waals surface area contributed by atoms with Crippen LogP contribution in [0.1, 0.15) is 23.2 Å². The molecule has 0 spiro atoms. The number of aliphatic hydroxyl groups is 1. The molecule has 3 rings (SSSR count). The number of benzene rings is 1. The molecule has 1 aliphatic rings. The van der Waals surface area contributed by atoms with Crippen LogP contribution in [0.3, 0.4) is 0 Å². The summed E-state index contributed by atoms with van der Waals surface area (Å²) in [4.78, 5) is 29.9. The van der Waals surface area contributed by atoms with Gasteiger partial charge in [-0.1, -0.05) is 11.6 Å². The van der Waals surface area contributed by atoms with E-state index in [0.29, 0.717) is 48.5 Å². The van der Waals surface area contributed by atoms with Gasteiger partial charge in [0.05, 0.1) is 12.1 Å². The highest BCUT2D eigenvalue weighted by Crippen LogP contribution is 2.31. The van der Waals surface area contributed by atoms with Crippen LogP contribution in [0.15, 0.2) is 29.2 Å². The van der Waals surface area contributed by atoms with E-state index >= 15 is 0 Å². The van der Waals surface area contributed by atoms with Crippen molar-refractivity contribution < 1.29 is 14.6 Å². The number of halogens is 1. The molecule has 7 heteroatoms. The molecule has 2 N–H and O–H groups in total. The molecule has 0 bridgehead atoms. The minimum absolute atomic E-state index is 0.0133. The first-order chi connectivity index (χ1) is 12.0. The molecular formula is C18H21ClN2O4. The molecule has 0 atom stereocenters. The Morgan fingerprint density at radius 2 is 2.12 bits per heavy atom. The van der Waals surface area contributed by atoms with E-state index < -0.39 is 0 Å². The monoisotopic (exact) mass is 364 g/mol. The predicted molar refractivity (Wildman–Crippen MR) is 96.1 cm³/mol. The van der Waals surface area contributed by atoms with E-state index in [1.165, 1.54) is 11.1 Å². The van der Waals surface area contributed by atoms with Crippen molar-refractivity contribution in [3.8, 4) is 0 Å². The number of pyridine rings is 1. The Bertz CT molecular complexity index is 843. The highest BCUT2D eigenvalue weighted by atomic mass is 35.5. The molecule has 2 heterocycles.